The molecule has 0 bridgehead atoms. The summed E-state index contributed by atoms with van der Waals surface area (Å²) < 4.78 is 0. The maximum Gasteiger partial charge on any atom is -0.0398 e. The zero-order valence-corrected chi connectivity index (χ0v) is 12.1. The van der Waals surface area contributed by atoms with E-state index < -0.39 is 0 Å². The minimum atomic E-state index is 0.903. The van der Waals surface area contributed by atoms with E-state index in [0.29, 0.717) is 0 Å². The van der Waals surface area contributed by atoms with Gasteiger partial charge in [0.1, 0.15) is 0 Å². The Morgan fingerprint density at radius 1 is 1.00 bits per heavy atom. The van der Waals surface area contributed by atoms with Crippen molar-refractivity contribution in [1.82, 2.24) is 0 Å². The first kappa shape index (κ1) is 17.6. The van der Waals surface area contributed by atoms with E-state index in [4.69, 9.17) is 0 Å². The molecule has 1 aromatic carbocycles. The molecule has 0 aliphatic rings. The Morgan fingerprint density at radius 3 is 1.69 bits per heavy atom. The third-order valence-corrected chi connectivity index (χ3v) is 2.08. The van der Waals surface area contributed by atoms with Gasteiger partial charge in [-0.2, -0.15) is 0 Å². The molecule has 0 heterocycles. The molecule has 0 saturated heterocycles. The van der Waals surface area contributed by atoms with Crippen molar-refractivity contribution in [3.05, 3.63) is 35.9 Å². The molecule has 0 aliphatic heterocycles. The minimum Gasteiger partial charge on any atom is -0.0683 e. The zero-order chi connectivity index (χ0) is 12.8. The molecular formula is C16H30. The zero-order valence-electron chi connectivity index (χ0n) is 12.1. The normalized spacial score (nSPS) is 8.69. The van der Waals surface area contributed by atoms with Gasteiger partial charge in [-0.1, -0.05) is 89.8 Å². The Bertz CT molecular complexity index is 199. The number of unbranched alkanes of at least 4 members (excludes halogenated alkanes) is 1. The lowest BCUT2D eigenvalue weighted by Crippen LogP contribution is -1.83. The van der Waals surface area contributed by atoms with E-state index in [1.807, 2.05) is 32.0 Å². The van der Waals surface area contributed by atoms with Gasteiger partial charge in [-0.3, -0.25) is 0 Å². The van der Waals surface area contributed by atoms with E-state index in [1.54, 1.807) is 0 Å². The van der Waals surface area contributed by atoms with Gasteiger partial charge in [-0.25, -0.2) is 0 Å². The maximum atomic E-state index is 2.27. The monoisotopic (exact) mass is 222 g/mol. The number of hydrogen-bond acceptors (Lipinski definition) is 0. The van der Waals surface area contributed by atoms with Crippen molar-refractivity contribution < 1.29 is 0 Å². The van der Waals surface area contributed by atoms with Crippen molar-refractivity contribution in [2.24, 2.45) is 5.92 Å². The van der Waals surface area contributed by atoms with Crippen molar-refractivity contribution >= 4 is 0 Å². The average molecular weight is 222 g/mol. The Labute approximate surface area is 103 Å². The third-order valence-electron chi connectivity index (χ3n) is 2.08. The molecule has 0 amide bonds. The predicted molar refractivity (Wildman–Crippen MR) is 76.9 cm³/mol. The summed E-state index contributed by atoms with van der Waals surface area (Å²) in [7, 11) is 0. The van der Waals surface area contributed by atoms with E-state index in [2.05, 4.69) is 39.8 Å². The van der Waals surface area contributed by atoms with Crippen LogP contribution in [0.15, 0.2) is 30.3 Å². The SMILES string of the molecule is CC.CCCCC(C)C.Cc1ccccc1. The molecule has 0 spiro atoms. The highest BCUT2D eigenvalue weighted by atomic mass is 13.9. The van der Waals surface area contributed by atoms with Crippen molar-refractivity contribution in [3.63, 3.8) is 0 Å². The topological polar surface area (TPSA) is 0 Å². The van der Waals surface area contributed by atoms with Crippen LogP contribution in [0.2, 0.25) is 0 Å². The van der Waals surface area contributed by atoms with Gasteiger partial charge >= 0.3 is 0 Å². The molecule has 0 nitrogen and oxygen atoms in total. The lowest BCUT2D eigenvalue weighted by molar-refractivity contribution is 0.550. The van der Waals surface area contributed by atoms with Crippen molar-refractivity contribution in [3.8, 4) is 0 Å². The predicted octanol–water partition coefficient (Wildman–Crippen LogP) is 5.85. The van der Waals surface area contributed by atoms with Crippen LogP contribution in [-0.2, 0) is 0 Å². The molecule has 0 fully saturated rings. The van der Waals surface area contributed by atoms with Gasteiger partial charge in [0.05, 0.1) is 0 Å². The molecule has 16 heavy (non-hydrogen) atoms. The van der Waals surface area contributed by atoms with Gasteiger partial charge in [0.2, 0.25) is 0 Å². The summed E-state index contributed by atoms with van der Waals surface area (Å²) in [5.74, 6) is 0.903. The second-order valence-electron chi connectivity index (χ2n) is 4.19. The summed E-state index contributed by atoms with van der Waals surface area (Å²) in [6.07, 6.45) is 4.15. The molecule has 0 N–H and O–H groups in total. The van der Waals surface area contributed by atoms with Crippen LogP contribution in [0.1, 0.15) is 59.4 Å². The van der Waals surface area contributed by atoms with Crippen molar-refractivity contribution in [2.75, 3.05) is 0 Å². The standard InChI is InChI=1S/C7H8.C7H16.C2H6/c1-7-5-3-2-4-6-7;1-4-5-6-7(2)3;1-2/h2-6H,1H3;7H,4-6H2,1-3H3;1-2H3. The molecule has 94 valence electrons. The average Bonchev–Trinajstić information content (AvgIpc) is 2.31. The molecule has 0 aliphatic carbocycles. The van der Waals surface area contributed by atoms with E-state index in [1.165, 1.54) is 24.8 Å². The van der Waals surface area contributed by atoms with Gasteiger partial charge in [0, 0.05) is 0 Å². The van der Waals surface area contributed by atoms with Gasteiger partial charge in [-0.05, 0) is 12.8 Å². The Balaban J connectivity index is 0. The van der Waals surface area contributed by atoms with Crippen molar-refractivity contribution in [2.45, 2.75) is 60.8 Å². The molecule has 1 rings (SSSR count). The molecular weight excluding hydrogens is 192 g/mol. The number of hydrogen-bond donors (Lipinski definition) is 0. The van der Waals surface area contributed by atoms with Gasteiger partial charge in [0.25, 0.3) is 0 Å². The summed E-state index contributed by atoms with van der Waals surface area (Å²) in [6, 6.07) is 10.3. The van der Waals surface area contributed by atoms with E-state index in [0.717, 1.165) is 5.92 Å². The molecule has 0 saturated carbocycles. The molecule has 1 aromatic rings. The van der Waals surface area contributed by atoms with Crippen LogP contribution in [0.5, 0.6) is 0 Å². The Hall–Kier alpha value is -0.780. The molecule has 0 radical (unpaired) electrons. The van der Waals surface area contributed by atoms with Crippen LogP contribution in [0.25, 0.3) is 0 Å². The lowest BCUT2D eigenvalue weighted by Gasteiger charge is -1.98. The summed E-state index contributed by atoms with van der Waals surface area (Å²) in [5.41, 5.74) is 1.32. The van der Waals surface area contributed by atoms with E-state index >= 15 is 0 Å². The highest BCUT2D eigenvalue weighted by Crippen LogP contribution is 2.04. The number of benzene rings is 1. The van der Waals surface area contributed by atoms with Crippen molar-refractivity contribution in [1.29, 1.82) is 0 Å². The molecule has 0 atom stereocenters. The van der Waals surface area contributed by atoms with Gasteiger partial charge < -0.3 is 0 Å². The molecule has 0 heteroatoms. The highest BCUT2D eigenvalue weighted by Gasteiger charge is 1.88. The summed E-state index contributed by atoms with van der Waals surface area (Å²) in [5, 5.41) is 0. The smallest absolute Gasteiger partial charge is 0.0398 e. The molecule has 0 unspecified atom stereocenters. The number of aryl methyl sites for hydroxylation is 1. The van der Waals surface area contributed by atoms with Gasteiger partial charge in [-0.15, -0.1) is 0 Å². The summed E-state index contributed by atoms with van der Waals surface area (Å²) in [6.45, 7) is 12.9. The van der Waals surface area contributed by atoms with Crippen LogP contribution >= 0.6 is 0 Å². The minimum absolute atomic E-state index is 0.903. The van der Waals surface area contributed by atoms with Crippen LogP contribution in [0.4, 0.5) is 0 Å². The van der Waals surface area contributed by atoms with E-state index in [-0.39, 0.29) is 0 Å². The summed E-state index contributed by atoms with van der Waals surface area (Å²) >= 11 is 0. The van der Waals surface area contributed by atoms with Gasteiger partial charge in [0.15, 0.2) is 0 Å². The van der Waals surface area contributed by atoms with Crippen LogP contribution in [0.3, 0.4) is 0 Å². The first-order chi connectivity index (χ1) is 7.66. The molecule has 0 aromatic heterocycles. The Morgan fingerprint density at radius 2 is 1.50 bits per heavy atom. The van der Waals surface area contributed by atoms with Crippen LogP contribution in [0, 0.1) is 12.8 Å². The fourth-order valence-corrected chi connectivity index (χ4v) is 1.15. The fraction of sp³-hybridized carbons (Fsp3) is 0.625. The van der Waals surface area contributed by atoms with Crippen LogP contribution < -0.4 is 0 Å². The maximum absolute atomic E-state index is 2.27. The quantitative estimate of drug-likeness (QED) is 0.601. The van der Waals surface area contributed by atoms with E-state index in [9.17, 15) is 0 Å². The highest BCUT2D eigenvalue weighted by molar-refractivity contribution is 5.11. The first-order valence-electron chi connectivity index (χ1n) is 6.68. The fourth-order valence-electron chi connectivity index (χ4n) is 1.15. The van der Waals surface area contributed by atoms with Crippen LogP contribution in [-0.4, -0.2) is 0 Å². The summed E-state index contributed by atoms with van der Waals surface area (Å²) in [4.78, 5) is 0. The second-order valence-corrected chi connectivity index (χ2v) is 4.19. The first-order valence-corrected chi connectivity index (χ1v) is 6.68. The largest absolute Gasteiger partial charge is 0.0683 e. The second kappa shape index (κ2) is 14.2. The number of rotatable bonds is 3. The third kappa shape index (κ3) is 15.7. The lowest BCUT2D eigenvalue weighted by atomic mass is 10.1. The Kier molecular flexibility index (Phi) is 15.7.